The van der Waals surface area contributed by atoms with Crippen LogP contribution in [0, 0.1) is 5.82 Å². The van der Waals surface area contributed by atoms with Crippen molar-refractivity contribution in [1.82, 2.24) is 10.2 Å². The van der Waals surface area contributed by atoms with E-state index in [0.29, 0.717) is 42.1 Å². The number of hydrogen-bond donors (Lipinski definition) is 2. The first-order valence-corrected chi connectivity index (χ1v) is 10.1. The van der Waals surface area contributed by atoms with Gasteiger partial charge in [-0.15, -0.1) is 11.3 Å². The minimum atomic E-state index is -0.479. The molecule has 0 atom stereocenters. The number of carbonyl (C=O) groups is 3. The molecule has 29 heavy (non-hydrogen) atoms. The van der Waals surface area contributed by atoms with Crippen LogP contribution in [0.2, 0.25) is 0 Å². The zero-order valence-electron chi connectivity index (χ0n) is 15.9. The van der Waals surface area contributed by atoms with Crippen LogP contribution in [0.3, 0.4) is 0 Å². The van der Waals surface area contributed by atoms with Crippen molar-refractivity contribution >= 4 is 34.8 Å². The van der Waals surface area contributed by atoms with Crippen molar-refractivity contribution in [3.8, 4) is 0 Å². The number of piperidine rings is 1. The number of thiophene rings is 1. The van der Waals surface area contributed by atoms with E-state index in [1.54, 1.807) is 11.4 Å². The largest absolute Gasteiger partial charge is 0.465 e. The van der Waals surface area contributed by atoms with E-state index in [2.05, 4.69) is 10.6 Å². The number of esters is 1. The van der Waals surface area contributed by atoms with Crippen LogP contribution in [0.4, 0.5) is 10.1 Å². The quantitative estimate of drug-likeness (QED) is 0.703. The minimum absolute atomic E-state index is 0.00895. The maximum atomic E-state index is 13.0. The molecule has 0 bridgehead atoms. The Balaban J connectivity index is 1.44. The summed E-state index contributed by atoms with van der Waals surface area (Å²) in [6.45, 7) is 1.53. The molecule has 0 radical (unpaired) electrons. The number of nitrogens with zero attached hydrogens (tertiary/aromatic N) is 1. The number of halogens is 1. The smallest absolute Gasteiger partial charge is 0.350 e. The van der Waals surface area contributed by atoms with E-state index in [9.17, 15) is 18.8 Å². The lowest BCUT2D eigenvalue weighted by Crippen LogP contribution is -2.46. The average Bonchev–Trinajstić information content (AvgIpc) is 3.17. The van der Waals surface area contributed by atoms with E-state index in [1.807, 2.05) is 4.90 Å². The van der Waals surface area contributed by atoms with E-state index < -0.39 is 5.97 Å². The highest BCUT2D eigenvalue weighted by atomic mass is 32.1. The summed E-state index contributed by atoms with van der Waals surface area (Å²) in [5, 5.41) is 7.42. The molecule has 1 aromatic carbocycles. The summed E-state index contributed by atoms with van der Waals surface area (Å²) in [5.74, 6) is -1.29. The van der Waals surface area contributed by atoms with Crippen LogP contribution >= 0.6 is 11.3 Å². The molecule has 0 unspecified atom stereocenters. The first-order valence-electron chi connectivity index (χ1n) is 9.20. The van der Waals surface area contributed by atoms with Crippen LogP contribution in [0.25, 0.3) is 0 Å². The highest BCUT2D eigenvalue weighted by molar-refractivity contribution is 7.12. The Morgan fingerprint density at radius 3 is 2.52 bits per heavy atom. The molecule has 0 spiro atoms. The molecular weight excluding hydrogens is 397 g/mol. The van der Waals surface area contributed by atoms with Gasteiger partial charge in [0.1, 0.15) is 10.7 Å². The van der Waals surface area contributed by atoms with Gasteiger partial charge in [-0.3, -0.25) is 14.5 Å². The second kappa shape index (κ2) is 9.62. The summed E-state index contributed by atoms with van der Waals surface area (Å²) in [6.07, 6.45) is 1.43. The third-order valence-corrected chi connectivity index (χ3v) is 5.60. The van der Waals surface area contributed by atoms with Gasteiger partial charge in [0, 0.05) is 24.7 Å². The average molecular weight is 419 g/mol. The summed E-state index contributed by atoms with van der Waals surface area (Å²) in [7, 11) is 1.30. The number of anilines is 1. The zero-order valence-corrected chi connectivity index (χ0v) is 16.8. The second-order valence-corrected chi connectivity index (χ2v) is 7.65. The molecule has 1 fully saturated rings. The highest BCUT2D eigenvalue weighted by Crippen LogP contribution is 2.23. The van der Waals surface area contributed by atoms with Crippen LogP contribution in [0.15, 0.2) is 35.7 Å². The molecular formula is C20H22FN3O4S. The highest BCUT2D eigenvalue weighted by Gasteiger charge is 2.23. The Hall–Kier alpha value is -2.78. The number of carbonyl (C=O) groups excluding carboxylic acids is 3. The maximum Gasteiger partial charge on any atom is 0.350 e. The third kappa shape index (κ3) is 5.61. The summed E-state index contributed by atoms with van der Waals surface area (Å²) < 4.78 is 17.7. The Kier molecular flexibility index (Phi) is 6.95. The molecule has 154 valence electrons. The molecule has 0 aliphatic carbocycles. The molecule has 0 saturated carbocycles. The van der Waals surface area contributed by atoms with Gasteiger partial charge >= 0.3 is 5.97 Å². The normalized spacial score (nSPS) is 15.0. The van der Waals surface area contributed by atoms with Crippen LogP contribution in [0.1, 0.15) is 32.9 Å². The van der Waals surface area contributed by atoms with Crippen molar-refractivity contribution in [2.75, 3.05) is 32.1 Å². The lowest BCUT2D eigenvalue weighted by atomic mass is 10.0. The van der Waals surface area contributed by atoms with E-state index in [-0.39, 0.29) is 30.2 Å². The molecule has 1 aliphatic heterocycles. The number of methoxy groups -OCH3 is 1. The Morgan fingerprint density at radius 2 is 1.86 bits per heavy atom. The molecule has 2 heterocycles. The molecule has 1 aliphatic rings. The second-order valence-electron chi connectivity index (χ2n) is 6.73. The minimum Gasteiger partial charge on any atom is -0.465 e. The van der Waals surface area contributed by atoms with Crippen molar-refractivity contribution in [3.05, 3.63) is 52.0 Å². The fourth-order valence-corrected chi connectivity index (χ4v) is 3.92. The monoisotopic (exact) mass is 419 g/mol. The third-order valence-electron chi connectivity index (χ3n) is 4.71. The van der Waals surface area contributed by atoms with Crippen molar-refractivity contribution in [3.63, 3.8) is 0 Å². The van der Waals surface area contributed by atoms with Gasteiger partial charge < -0.3 is 15.4 Å². The van der Waals surface area contributed by atoms with Crippen molar-refractivity contribution in [1.29, 1.82) is 0 Å². The first-order chi connectivity index (χ1) is 14.0. The zero-order chi connectivity index (χ0) is 20.8. The van der Waals surface area contributed by atoms with Crippen molar-refractivity contribution < 1.29 is 23.5 Å². The molecule has 1 aromatic heterocycles. The predicted molar refractivity (Wildman–Crippen MR) is 108 cm³/mol. The number of likely N-dealkylation sites (tertiary alicyclic amines) is 1. The van der Waals surface area contributed by atoms with Gasteiger partial charge in [-0.2, -0.15) is 0 Å². The van der Waals surface area contributed by atoms with E-state index in [4.69, 9.17) is 4.74 Å². The molecule has 2 aromatic rings. The molecule has 7 nitrogen and oxygen atoms in total. The van der Waals surface area contributed by atoms with Crippen LogP contribution in [0.5, 0.6) is 0 Å². The number of rotatable bonds is 6. The van der Waals surface area contributed by atoms with Crippen LogP contribution < -0.4 is 10.6 Å². The molecule has 2 N–H and O–H groups in total. The van der Waals surface area contributed by atoms with E-state index in [1.165, 1.54) is 42.7 Å². The Labute approximate surface area is 171 Å². The molecule has 9 heteroatoms. The summed E-state index contributed by atoms with van der Waals surface area (Å²) >= 11 is 1.21. The van der Waals surface area contributed by atoms with Gasteiger partial charge in [0.05, 0.1) is 19.3 Å². The van der Waals surface area contributed by atoms with Gasteiger partial charge in [0.25, 0.3) is 5.91 Å². The molecule has 2 amide bonds. The number of amides is 2. The Bertz CT molecular complexity index is 876. The standard InChI is InChI=1S/C20H22FN3O4S/c1-28-20(27)18-16(8-11-29-18)23-17(25)12-24-9-6-15(7-10-24)22-19(26)13-2-4-14(21)5-3-13/h2-5,8,11,15H,6-7,9-10,12H2,1H3,(H,22,26)(H,23,25). The fraction of sp³-hybridized carbons (Fsp3) is 0.350. The van der Waals surface area contributed by atoms with Gasteiger partial charge in [0.2, 0.25) is 5.91 Å². The molecule has 1 saturated heterocycles. The van der Waals surface area contributed by atoms with Gasteiger partial charge in [-0.1, -0.05) is 0 Å². The van der Waals surface area contributed by atoms with Gasteiger partial charge in [-0.05, 0) is 48.6 Å². The van der Waals surface area contributed by atoms with Crippen molar-refractivity contribution in [2.24, 2.45) is 0 Å². The predicted octanol–water partition coefficient (Wildman–Crippen LogP) is 2.51. The van der Waals surface area contributed by atoms with Gasteiger partial charge in [0.15, 0.2) is 0 Å². The first kappa shape index (κ1) is 20.9. The topological polar surface area (TPSA) is 87.7 Å². The molecule has 3 rings (SSSR count). The lowest BCUT2D eigenvalue weighted by Gasteiger charge is -2.31. The maximum absolute atomic E-state index is 13.0. The fourth-order valence-electron chi connectivity index (χ4n) is 3.16. The number of benzene rings is 1. The number of hydrogen-bond acceptors (Lipinski definition) is 6. The summed E-state index contributed by atoms with van der Waals surface area (Å²) in [4.78, 5) is 38.6. The van der Waals surface area contributed by atoms with Gasteiger partial charge in [-0.25, -0.2) is 9.18 Å². The summed E-state index contributed by atoms with van der Waals surface area (Å²) in [6, 6.07) is 7.11. The number of nitrogens with one attached hydrogen (secondary N) is 2. The number of ether oxygens (including phenoxy) is 1. The van der Waals surface area contributed by atoms with Crippen molar-refractivity contribution in [2.45, 2.75) is 18.9 Å². The lowest BCUT2D eigenvalue weighted by molar-refractivity contribution is -0.117. The van der Waals surface area contributed by atoms with E-state index >= 15 is 0 Å². The SMILES string of the molecule is COC(=O)c1sccc1NC(=O)CN1CCC(NC(=O)c2ccc(F)cc2)CC1. The van der Waals surface area contributed by atoms with Crippen LogP contribution in [-0.2, 0) is 9.53 Å². The summed E-state index contributed by atoms with van der Waals surface area (Å²) in [5.41, 5.74) is 0.874. The Morgan fingerprint density at radius 1 is 1.17 bits per heavy atom. The van der Waals surface area contributed by atoms with Crippen LogP contribution in [-0.4, -0.2) is 55.5 Å². The van der Waals surface area contributed by atoms with E-state index in [0.717, 1.165) is 0 Å².